The third-order valence-electron chi connectivity index (χ3n) is 5.10. The molecule has 1 aliphatic heterocycles. The number of cyclic esters (lactones) is 1. The molecule has 3 aromatic carbocycles. The summed E-state index contributed by atoms with van der Waals surface area (Å²) in [5.41, 5.74) is 2.59. The number of hydrogen-bond donors (Lipinski definition) is 1. The molecule has 2 amide bonds. The van der Waals surface area contributed by atoms with Gasteiger partial charge in [-0.25, -0.2) is 4.79 Å². The molecule has 0 radical (unpaired) electrons. The summed E-state index contributed by atoms with van der Waals surface area (Å²) in [6.45, 7) is 2.08. The zero-order chi connectivity index (χ0) is 21.1. The van der Waals surface area contributed by atoms with Gasteiger partial charge in [0.25, 0.3) is 5.91 Å². The first-order chi connectivity index (χ1) is 14.6. The van der Waals surface area contributed by atoms with Crippen molar-refractivity contribution >= 4 is 22.8 Å². The minimum atomic E-state index is -0.803. The minimum absolute atomic E-state index is 0.326. The van der Waals surface area contributed by atoms with Crippen molar-refractivity contribution in [1.82, 2.24) is 5.32 Å². The molecule has 0 aromatic heterocycles. The molecular weight excluding hydrogens is 380 g/mol. The zero-order valence-electron chi connectivity index (χ0n) is 16.5. The van der Waals surface area contributed by atoms with E-state index in [4.69, 9.17) is 9.47 Å². The van der Waals surface area contributed by atoms with Crippen molar-refractivity contribution in [3.8, 4) is 17.6 Å². The average Bonchev–Trinajstić information content (AvgIpc) is 3.07. The first-order valence-electron chi connectivity index (χ1n) is 9.82. The summed E-state index contributed by atoms with van der Waals surface area (Å²) in [5.74, 6) is 0.931. The van der Waals surface area contributed by atoms with Gasteiger partial charge in [-0.2, -0.15) is 5.26 Å². The van der Waals surface area contributed by atoms with E-state index in [9.17, 15) is 14.9 Å². The fourth-order valence-electron chi connectivity index (χ4n) is 3.68. The Morgan fingerprint density at radius 1 is 1.07 bits per heavy atom. The van der Waals surface area contributed by atoms with Crippen LogP contribution in [0.3, 0.4) is 0 Å². The molecule has 6 heteroatoms. The smallest absolute Gasteiger partial charge is 0.414 e. The number of carbonyl (C=O) groups excluding carboxylic acids is 2. The highest BCUT2D eigenvalue weighted by Crippen LogP contribution is 2.33. The lowest BCUT2D eigenvalue weighted by molar-refractivity contribution is -0.123. The summed E-state index contributed by atoms with van der Waals surface area (Å²) in [6, 6.07) is 19.1. The van der Waals surface area contributed by atoms with Crippen molar-refractivity contribution in [2.45, 2.75) is 32.3 Å². The second-order valence-electron chi connectivity index (χ2n) is 7.14. The standard InChI is InChI=1S/C24H20N2O4/c1-2-5-15-12-18(10-8-16(15)13-22-23(27)26-24(28)30-22)29-21-11-9-17(14-25)19-6-3-4-7-20(19)21/h3-4,6-12,22H,2,5,13H2,1H3,(H,26,27,28). The van der Waals surface area contributed by atoms with E-state index in [0.29, 0.717) is 23.5 Å². The number of aryl methyl sites for hydroxylation is 1. The van der Waals surface area contributed by atoms with Crippen LogP contribution in [0.4, 0.5) is 4.79 Å². The number of imide groups is 1. The zero-order valence-corrected chi connectivity index (χ0v) is 16.5. The van der Waals surface area contributed by atoms with Gasteiger partial charge in [-0.05, 0) is 41.8 Å². The van der Waals surface area contributed by atoms with Crippen LogP contribution in [0.15, 0.2) is 54.6 Å². The van der Waals surface area contributed by atoms with Crippen LogP contribution < -0.4 is 10.1 Å². The Hall–Kier alpha value is -3.85. The summed E-state index contributed by atoms with van der Waals surface area (Å²) in [7, 11) is 0. The summed E-state index contributed by atoms with van der Waals surface area (Å²) in [5, 5.41) is 13.2. The van der Waals surface area contributed by atoms with Gasteiger partial charge < -0.3 is 9.47 Å². The quantitative estimate of drug-likeness (QED) is 0.651. The molecule has 6 nitrogen and oxygen atoms in total. The molecule has 30 heavy (non-hydrogen) atoms. The van der Waals surface area contributed by atoms with E-state index in [2.05, 4.69) is 18.3 Å². The highest BCUT2D eigenvalue weighted by molar-refractivity contribution is 6.00. The molecule has 150 valence electrons. The maximum Gasteiger partial charge on any atom is 0.414 e. The largest absolute Gasteiger partial charge is 0.457 e. The van der Waals surface area contributed by atoms with Crippen LogP contribution in [0.2, 0.25) is 0 Å². The normalized spacial score (nSPS) is 15.5. The molecule has 0 saturated carbocycles. The Morgan fingerprint density at radius 2 is 1.87 bits per heavy atom. The van der Waals surface area contributed by atoms with Gasteiger partial charge in [-0.15, -0.1) is 0 Å². The highest BCUT2D eigenvalue weighted by Gasteiger charge is 2.32. The number of nitrogens with one attached hydrogen (secondary N) is 1. The van der Waals surface area contributed by atoms with Gasteiger partial charge in [0.15, 0.2) is 6.10 Å². The number of benzene rings is 3. The first kappa shape index (κ1) is 19.5. The Morgan fingerprint density at radius 3 is 2.57 bits per heavy atom. The monoisotopic (exact) mass is 400 g/mol. The van der Waals surface area contributed by atoms with Gasteiger partial charge >= 0.3 is 6.09 Å². The molecular formula is C24H20N2O4. The minimum Gasteiger partial charge on any atom is -0.457 e. The van der Waals surface area contributed by atoms with Crippen molar-refractivity contribution in [3.63, 3.8) is 0 Å². The summed E-state index contributed by atoms with van der Waals surface area (Å²) >= 11 is 0. The Kier molecular flexibility index (Phi) is 5.36. The molecule has 0 aliphatic carbocycles. The third-order valence-corrected chi connectivity index (χ3v) is 5.10. The maximum absolute atomic E-state index is 11.8. The molecule has 1 saturated heterocycles. The number of alkyl carbamates (subject to hydrolysis) is 1. The van der Waals surface area contributed by atoms with Crippen molar-refractivity contribution < 1.29 is 19.1 Å². The second-order valence-corrected chi connectivity index (χ2v) is 7.14. The van der Waals surface area contributed by atoms with E-state index in [-0.39, 0.29) is 0 Å². The fraction of sp³-hybridized carbons (Fsp3) is 0.208. The number of amides is 2. The molecule has 0 bridgehead atoms. The Labute approximate surface area is 174 Å². The number of carbonyl (C=O) groups is 2. The lowest BCUT2D eigenvalue weighted by Gasteiger charge is -2.15. The lowest BCUT2D eigenvalue weighted by atomic mass is 9.97. The molecule has 1 atom stereocenters. The molecule has 1 heterocycles. The first-order valence-corrected chi connectivity index (χ1v) is 9.82. The summed E-state index contributed by atoms with van der Waals surface area (Å²) in [4.78, 5) is 23.1. The van der Waals surface area contributed by atoms with E-state index in [0.717, 1.165) is 34.7 Å². The number of nitriles is 1. The number of nitrogens with zero attached hydrogens (tertiary/aromatic N) is 1. The van der Waals surface area contributed by atoms with Crippen molar-refractivity contribution in [3.05, 3.63) is 71.3 Å². The number of ether oxygens (including phenoxy) is 2. The van der Waals surface area contributed by atoms with Gasteiger partial charge in [0, 0.05) is 17.2 Å². The van der Waals surface area contributed by atoms with Crippen molar-refractivity contribution in [2.24, 2.45) is 0 Å². The molecule has 1 fully saturated rings. The van der Waals surface area contributed by atoms with Gasteiger partial charge in [-0.3, -0.25) is 10.1 Å². The van der Waals surface area contributed by atoms with Gasteiger partial charge in [0.05, 0.1) is 11.6 Å². The fourth-order valence-corrected chi connectivity index (χ4v) is 3.68. The van der Waals surface area contributed by atoms with E-state index < -0.39 is 18.1 Å². The Balaban J connectivity index is 1.64. The van der Waals surface area contributed by atoms with E-state index >= 15 is 0 Å². The maximum atomic E-state index is 11.8. The van der Waals surface area contributed by atoms with E-state index in [1.54, 1.807) is 12.1 Å². The van der Waals surface area contributed by atoms with Gasteiger partial charge in [-0.1, -0.05) is 43.7 Å². The van der Waals surface area contributed by atoms with Crippen LogP contribution in [-0.4, -0.2) is 18.1 Å². The number of fused-ring (bicyclic) bond motifs is 1. The molecule has 4 rings (SSSR count). The van der Waals surface area contributed by atoms with E-state index in [1.807, 2.05) is 42.5 Å². The van der Waals surface area contributed by atoms with Crippen LogP contribution in [0.25, 0.3) is 10.8 Å². The average molecular weight is 400 g/mol. The van der Waals surface area contributed by atoms with Crippen molar-refractivity contribution in [1.29, 1.82) is 5.26 Å². The predicted molar refractivity (Wildman–Crippen MR) is 111 cm³/mol. The predicted octanol–water partition coefficient (Wildman–Crippen LogP) is 4.63. The lowest BCUT2D eigenvalue weighted by Crippen LogP contribution is -2.26. The van der Waals surface area contributed by atoms with Crippen LogP contribution in [0, 0.1) is 11.3 Å². The molecule has 1 aliphatic rings. The molecule has 1 unspecified atom stereocenters. The summed E-state index contributed by atoms with van der Waals surface area (Å²) in [6.07, 6.45) is 0.556. The summed E-state index contributed by atoms with van der Waals surface area (Å²) < 4.78 is 11.2. The topological polar surface area (TPSA) is 88.4 Å². The van der Waals surface area contributed by atoms with Gasteiger partial charge in [0.2, 0.25) is 0 Å². The Bertz CT molecular complexity index is 1180. The van der Waals surface area contributed by atoms with E-state index in [1.165, 1.54) is 0 Å². The van der Waals surface area contributed by atoms with Crippen molar-refractivity contribution in [2.75, 3.05) is 0 Å². The van der Waals surface area contributed by atoms with Crippen LogP contribution in [0.5, 0.6) is 11.5 Å². The van der Waals surface area contributed by atoms with Crippen LogP contribution in [0.1, 0.15) is 30.0 Å². The third kappa shape index (κ3) is 3.83. The molecule has 3 aromatic rings. The second kappa shape index (κ2) is 8.26. The highest BCUT2D eigenvalue weighted by atomic mass is 16.6. The van der Waals surface area contributed by atoms with Gasteiger partial charge in [0.1, 0.15) is 11.5 Å². The molecule has 1 N–H and O–H groups in total. The van der Waals surface area contributed by atoms with Crippen LogP contribution in [-0.2, 0) is 22.4 Å². The molecule has 0 spiro atoms. The number of rotatable bonds is 6. The van der Waals surface area contributed by atoms with Crippen LogP contribution >= 0.6 is 0 Å². The SMILES string of the molecule is CCCc1cc(Oc2ccc(C#N)c3ccccc23)ccc1CC1OC(=O)NC1=O. The number of hydrogen-bond acceptors (Lipinski definition) is 5.